The minimum absolute atomic E-state index is 0.138. The Morgan fingerprint density at radius 3 is 3.07 bits per heavy atom. The van der Waals surface area contributed by atoms with Crippen LogP contribution < -0.4 is 9.47 Å². The predicted molar refractivity (Wildman–Crippen MR) is 59.2 cm³/mol. The van der Waals surface area contributed by atoms with Gasteiger partial charge in [0.2, 0.25) is 0 Å². The van der Waals surface area contributed by atoms with Crippen molar-refractivity contribution in [1.29, 1.82) is 5.26 Å². The number of methoxy groups -OCH3 is 1. The average Bonchev–Trinajstić information content (AvgIpc) is 2.29. The number of hydrogen-bond acceptors (Lipinski definition) is 3. The van der Waals surface area contributed by atoms with E-state index in [-0.39, 0.29) is 5.92 Å². The number of nitrogens with zero attached hydrogens (tertiary/aromatic N) is 1. The summed E-state index contributed by atoms with van der Waals surface area (Å²) in [5, 5.41) is 9.07. The van der Waals surface area contributed by atoms with Gasteiger partial charge in [0.15, 0.2) is 0 Å². The molecule has 1 atom stereocenters. The van der Waals surface area contributed by atoms with Crippen LogP contribution in [-0.4, -0.2) is 13.7 Å². The van der Waals surface area contributed by atoms with Crippen LogP contribution in [0.5, 0.6) is 11.5 Å². The Hall–Kier alpha value is -1.21. The van der Waals surface area contributed by atoms with Gasteiger partial charge >= 0.3 is 0 Å². The molecule has 0 saturated carbocycles. The van der Waals surface area contributed by atoms with Crippen LogP contribution in [0, 0.1) is 11.3 Å². The van der Waals surface area contributed by atoms with E-state index in [1.54, 1.807) is 7.11 Å². The first kappa shape index (κ1) is 10.3. The van der Waals surface area contributed by atoms with E-state index in [9.17, 15) is 0 Å². The van der Waals surface area contributed by atoms with Crippen molar-refractivity contribution in [3.05, 3.63) is 22.2 Å². The van der Waals surface area contributed by atoms with Crippen molar-refractivity contribution in [1.82, 2.24) is 0 Å². The van der Waals surface area contributed by atoms with Crippen LogP contribution in [0.15, 0.2) is 16.6 Å². The maximum absolute atomic E-state index is 9.07. The van der Waals surface area contributed by atoms with E-state index in [1.807, 2.05) is 12.1 Å². The molecule has 1 aliphatic heterocycles. The lowest BCUT2D eigenvalue weighted by Crippen LogP contribution is -2.14. The lowest BCUT2D eigenvalue weighted by atomic mass is 9.94. The molecule has 4 heteroatoms. The molecule has 78 valence electrons. The molecule has 2 rings (SSSR count). The predicted octanol–water partition coefficient (Wildman–Crippen LogP) is 2.85. The van der Waals surface area contributed by atoms with E-state index >= 15 is 0 Å². The van der Waals surface area contributed by atoms with Gasteiger partial charge in [-0.1, -0.05) is 0 Å². The van der Waals surface area contributed by atoms with Crippen molar-refractivity contribution in [2.45, 2.75) is 12.3 Å². The highest BCUT2D eigenvalue weighted by molar-refractivity contribution is 9.10. The van der Waals surface area contributed by atoms with E-state index in [0.29, 0.717) is 6.61 Å². The van der Waals surface area contributed by atoms with Gasteiger partial charge in [0.05, 0.1) is 35.7 Å². The molecule has 0 N–H and O–H groups in total. The minimum atomic E-state index is -0.138. The van der Waals surface area contributed by atoms with Gasteiger partial charge < -0.3 is 9.47 Å². The lowest BCUT2D eigenvalue weighted by Gasteiger charge is -2.24. The van der Waals surface area contributed by atoms with Crippen molar-refractivity contribution >= 4 is 15.9 Å². The number of benzene rings is 1. The fourth-order valence-electron chi connectivity index (χ4n) is 1.76. The zero-order chi connectivity index (χ0) is 10.8. The fraction of sp³-hybridized carbons (Fsp3) is 0.364. The van der Waals surface area contributed by atoms with Crippen LogP contribution in [0.25, 0.3) is 0 Å². The normalized spacial score (nSPS) is 18.6. The molecule has 1 aliphatic rings. The molecule has 1 heterocycles. The Labute approximate surface area is 96.7 Å². The largest absolute Gasteiger partial charge is 0.496 e. The van der Waals surface area contributed by atoms with Gasteiger partial charge in [0.1, 0.15) is 11.5 Å². The van der Waals surface area contributed by atoms with E-state index in [0.717, 1.165) is 28.0 Å². The van der Waals surface area contributed by atoms with Gasteiger partial charge in [-0.2, -0.15) is 5.26 Å². The monoisotopic (exact) mass is 267 g/mol. The second-order valence-electron chi connectivity index (χ2n) is 3.31. The topological polar surface area (TPSA) is 42.2 Å². The third-order valence-electron chi connectivity index (χ3n) is 2.49. The third kappa shape index (κ3) is 1.68. The molecule has 15 heavy (non-hydrogen) atoms. The summed E-state index contributed by atoms with van der Waals surface area (Å²) in [6, 6.07) is 6.00. The SMILES string of the molecule is COc1ccc(Br)c2c1C(C#N)CCO2. The van der Waals surface area contributed by atoms with Crippen LogP contribution in [0.3, 0.4) is 0 Å². The molecule has 0 aromatic heterocycles. The van der Waals surface area contributed by atoms with Crippen molar-refractivity contribution < 1.29 is 9.47 Å². The van der Waals surface area contributed by atoms with Crippen LogP contribution in [0.4, 0.5) is 0 Å². The minimum Gasteiger partial charge on any atom is -0.496 e. The molecular formula is C11H10BrNO2. The summed E-state index contributed by atoms with van der Waals surface area (Å²) in [4.78, 5) is 0. The number of ether oxygens (including phenoxy) is 2. The molecule has 0 spiro atoms. The second-order valence-corrected chi connectivity index (χ2v) is 4.17. The van der Waals surface area contributed by atoms with E-state index in [4.69, 9.17) is 14.7 Å². The quantitative estimate of drug-likeness (QED) is 0.786. The van der Waals surface area contributed by atoms with Crippen LogP contribution in [-0.2, 0) is 0 Å². The standard InChI is InChI=1S/C11H10BrNO2/c1-14-9-3-2-8(12)11-10(9)7(6-13)4-5-15-11/h2-3,7H,4-5H2,1H3. The van der Waals surface area contributed by atoms with Gasteiger partial charge in [-0.25, -0.2) is 0 Å². The van der Waals surface area contributed by atoms with Gasteiger partial charge in [-0.3, -0.25) is 0 Å². The Kier molecular flexibility index (Phi) is 2.83. The van der Waals surface area contributed by atoms with Crippen molar-refractivity contribution in [2.24, 2.45) is 0 Å². The fourth-order valence-corrected chi connectivity index (χ4v) is 2.22. The van der Waals surface area contributed by atoms with E-state index in [2.05, 4.69) is 22.0 Å². The Balaban J connectivity index is 2.61. The average molecular weight is 268 g/mol. The highest BCUT2D eigenvalue weighted by Gasteiger charge is 2.26. The van der Waals surface area contributed by atoms with Gasteiger partial charge in [0.25, 0.3) is 0 Å². The molecule has 1 aromatic rings. The summed E-state index contributed by atoms with van der Waals surface area (Å²) in [7, 11) is 1.60. The smallest absolute Gasteiger partial charge is 0.141 e. The van der Waals surface area contributed by atoms with Gasteiger partial charge in [-0.05, 0) is 28.1 Å². The summed E-state index contributed by atoms with van der Waals surface area (Å²) in [5.74, 6) is 1.33. The zero-order valence-electron chi connectivity index (χ0n) is 8.29. The number of rotatable bonds is 1. The lowest BCUT2D eigenvalue weighted by molar-refractivity contribution is 0.272. The second kappa shape index (κ2) is 4.11. The van der Waals surface area contributed by atoms with E-state index in [1.165, 1.54) is 0 Å². The summed E-state index contributed by atoms with van der Waals surface area (Å²) in [6.07, 6.45) is 0.719. The molecule has 0 aliphatic carbocycles. The van der Waals surface area contributed by atoms with E-state index < -0.39 is 0 Å². The van der Waals surface area contributed by atoms with Crippen LogP contribution in [0.1, 0.15) is 17.9 Å². The van der Waals surface area contributed by atoms with Crippen molar-refractivity contribution in [3.63, 3.8) is 0 Å². The maximum Gasteiger partial charge on any atom is 0.141 e. The molecule has 0 radical (unpaired) electrons. The first-order chi connectivity index (χ1) is 7.27. The molecule has 3 nitrogen and oxygen atoms in total. The number of halogens is 1. The third-order valence-corrected chi connectivity index (χ3v) is 3.11. The first-order valence-corrected chi connectivity index (χ1v) is 5.46. The molecule has 0 saturated heterocycles. The summed E-state index contributed by atoms with van der Waals surface area (Å²) < 4.78 is 11.7. The summed E-state index contributed by atoms with van der Waals surface area (Å²) in [6.45, 7) is 0.580. The molecule has 1 unspecified atom stereocenters. The maximum atomic E-state index is 9.07. The molecule has 0 amide bonds. The molecule has 1 aromatic carbocycles. The number of hydrogen-bond donors (Lipinski definition) is 0. The van der Waals surface area contributed by atoms with Gasteiger partial charge in [-0.15, -0.1) is 0 Å². The zero-order valence-corrected chi connectivity index (χ0v) is 9.87. The molecular weight excluding hydrogens is 258 g/mol. The van der Waals surface area contributed by atoms with Crippen LogP contribution in [0.2, 0.25) is 0 Å². The Morgan fingerprint density at radius 1 is 1.60 bits per heavy atom. The molecule has 0 fully saturated rings. The highest BCUT2D eigenvalue weighted by atomic mass is 79.9. The number of nitriles is 1. The Morgan fingerprint density at radius 2 is 2.40 bits per heavy atom. The first-order valence-electron chi connectivity index (χ1n) is 4.66. The van der Waals surface area contributed by atoms with Crippen LogP contribution >= 0.6 is 15.9 Å². The van der Waals surface area contributed by atoms with Crippen molar-refractivity contribution in [3.8, 4) is 17.6 Å². The summed E-state index contributed by atoms with van der Waals surface area (Å²) >= 11 is 3.41. The Bertz CT molecular complexity index is 425. The highest BCUT2D eigenvalue weighted by Crippen LogP contribution is 2.44. The molecule has 0 bridgehead atoms. The van der Waals surface area contributed by atoms with Crippen molar-refractivity contribution in [2.75, 3.05) is 13.7 Å². The summed E-state index contributed by atoms with van der Waals surface area (Å²) in [5.41, 5.74) is 0.862. The number of fused-ring (bicyclic) bond motifs is 1. The van der Waals surface area contributed by atoms with Gasteiger partial charge in [0, 0.05) is 6.42 Å².